The summed E-state index contributed by atoms with van der Waals surface area (Å²) in [7, 11) is 0. The van der Waals surface area contributed by atoms with Crippen LogP contribution in [0.2, 0.25) is 0 Å². The molecule has 0 aromatic carbocycles. The van der Waals surface area contributed by atoms with Crippen molar-refractivity contribution in [3.8, 4) is 5.88 Å². The van der Waals surface area contributed by atoms with E-state index in [1.807, 2.05) is 4.74 Å². The minimum Gasteiger partial charge on any atom is -0.478 e. The van der Waals surface area contributed by atoms with Gasteiger partial charge in [-0.3, -0.25) is 4.74 Å². The van der Waals surface area contributed by atoms with Crippen LogP contribution in [0.3, 0.4) is 0 Å². The van der Waals surface area contributed by atoms with Gasteiger partial charge in [0, 0.05) is 12.3 Å². The number of carboxylic acid groups (broad SMARTS) is 1. The molecule has 1 rings (SSSR count). The minimum absolute atomic E-state index is 0.320. The van der Waals surface area contributed by atoms with Gasteiger partial charge < -0.3 is 9.84 Å². The average Bonchev–Trinajstić information content (AvgIpc) is 2.52. The average molecular weight is 451 g/mol. The molecule has 0 aliphatic heterocycles. The van der Waals surface area contributed by atoms with Crippen LogP contribution in [0.4, 0.5) is 48.3 Å². The van der Waals surface area contributed by atoms with E-state index in [0.29, 0.717) is 18.3 Å². The first-order chi connectivity index (χ1) is 12.8. The van der Waals surface area contributed by atoms with Crippen LogP contribution in [0.1, 0.15) is 10.4 Å². The van der Waals surface area contributed by atoms with Crippen LogP contribution in [0.5, 0.6) is 5.88 Å². The van der Waals surface area contributed by atoms with Crippen LogP contribution in [-0.4, -0.2) is 52.3 Å². The molecule has 6 nitrogen and oxygen atoms in total. The van der Waals surface area contributed by atoms with Crippen molar-refractivity contribution < 1.29 is 72.5 Å². The Kier molecular flexibility index (Phi) is 6.10. The Labute approximate surface area is 150 Å². The van der Waals surface area contributed by atoms with Crippen LogP contribution in [0, 0.1) is 0 Å². The van der Waals surface area contributed by atoms with Crippen LogP contribution in [-0.2, 0) is 9.53 Å². The van der Waals surface area contributed by atoms with Gasteiger partial charge in [-0.15, -0.1) is 0 Å². The second-order valence-corrected chi connectivity index (χ2v) is 4.86. The van der Waals surface area contributed by atoms with E-state index in [9.17, 15) is 57.9 Å². The molecule has 0 bridgehead atoms. The zero-order valence-electron chi connectivity index (χ0n) is 12.9. The maximum Gasteiger partial charge on any atom is 0.462 e. The molecule has 0 saturated carbocycles. The van der Waals surface area contributed by atoms with E-state index in [4.69, 9.17) is 5.11 Å². The lowest BCUT2D eigenvalue weighted by atomic mass is 10.2. The minimum atomic E-state index is -7.34. The number of halogens is 11. The SMILES string of the molecule is O=C(O)c1ccc(OC(=O)C(F)(OC(F)(F)C(F)(F)C(F)(F)F)C(F)(F)F)nc1. The molecule has 0 fully saturated rings. The summed E-state index contributed by atoms with van der Waals surface area (Å²) in [6, 6.07) is 0.847. The lowest BCUT2D eigenvalue weighted by molar-refractivity contribution is -0.474. The number of ether oxygens (including phenoxy) is 2. The Hall–Kier alpha value is -2.72. The van der Waals surface area contributed by atoms with Crippen molar-refractivity contribution in [3.63, 3.8) is 0 Å². The van der Waals surface area contributed by atoms with E-state index in [1.54, 1.807) is 0 Å². The molecule has 0 aliphatic carbocycles. The fraction of sp³-hybridized carbons (Fsp3) is 0.417. The van der Waals surface area contributed by atoms with E-state index in [1.165, 1.54) is 0 Å². The van der Waals surface area contributed by atoms with Crippen molar-refractivity contribution in [2.75, 3.05) is 0 Å². The van der Waals surface area contributed by atoms with Crippen molar-refractivity contribution >= 4 is 11.9 Å². The van der Waals surface area contributed by atoms with Crippen LogP contribution in [0.25, 0.3) is 0 Å². The van der Waals surface area contributed by atoms with Gasteiger partial charge in [-0.05, 0) is 6.07 Å². The van der Waals surface area contributed by atoms with Gasteiger partial charge >= 0.3 is 42.2 Å². The van der Waals surface area contributed by atoms with Crippen LogP contribution < -0.4 is 4.74 Å². The predicted octanol–water partition coefficient (Wildman–Crippen LogP) is 3.72. The third-order valence-electron chi connectivity index (χ3n) is 2.80. The summed E-state index contributed by atoms with van der Waals surface area (Å²) in [5.74, 6) is -20.4. The van der Waals surface area contributed by atoms with Gasteiger partial charge in [0.15, 0.2) is 0 Å². The molecule has 1 heterocycles. The first kappa shape index (κ1) is 24.3. The largest absolute Gasteiger partial charge is 0.478 e. The number of carbonyl (C=O) groups excluding carboxylic acids is 1. The summed E-state index contributed by atoms with van der Waals surface area (Å²) in [5.41, 5.74) is -0.639. The van der Waals surface area contributed by atoms with E-state index < -0.39 is 53.6 Å². The van der Waals surface area contributed by atoms with Gasteiger partial charge in [-0.25, -0.2) is 14.6 Å². The van der Waals surface area contributed by atoms with E-state index in [0.717, 1.165) is 0 Å². The third-order valence-corrected chi connectivity index (χ3v) is 2.80. The molecular weight excluding hydrogens is 447 g/mol. The number of pyridine rings is 1. The van der Waals surface area contributed by atoms with Gasteiger partial charge in [0.1, 0.15) is 0 Å². The molecule has 29 heavy (non-hydrogen) atoms. The van der Waals surface area contributed by atoms with Crippen molar-refractivity contribution in [2.24, 2.45) is 0 Å². The van der Waals surface area contributed by atoms with Crippen LogP contribution >= 0.6 is 0 Å². The lowest BCUT2D eigenvalue weighted by Crippen LogP contribution is -2.62. The van der Waals surface area contributed by atoms with E-state index >= 15 is 0 Å². The molecule has 1 atom stereocenters. The first-order valence-corrected chi connectivity index (χ1v) is 6.46. The summed E-state index contributed by atoms with van der Waals surface area (Å²) in [4.78, 5) is 24.7. The highest BCUT2D eigenvalue weighted by Gasteiger charge is 2.80. The predicted molar refractivity (Wildman–Crippen MR) is 63.8 cm³/mol. The second-order valence-electron chi connectivity index (χ2n) is 4.86. The number of aromatic carboxylic acids is 1. The summed E-state index contributed by atoms with van der Waals surface area (Å²) in [6.45, 7) is 0. The molecule has 0 radical (unpaired) electrons. The highest BCUT2D eigenvalue weighted by molar-refractivity contribution is 5.87. The monoisotopic (exact) mass is 451 g/mol. The third kappa shape index (κ3) is 4.65. The maximum atomic E-state index is 13.9. The molecular formula is C12H4F11NO5. The molecule has 0 amide bonds. The summed E-state index contributed by atoms with van der Waals surface area (Å²) in [5, 5.41) is 8.54. The van der Waals surface area contributed by atoms with Crippen molar-refractivity contribution in [2.45, 2.75) is 30.2 Å². The fourth-order valence-electron chi connectivity index (χ4n) is 1.35. The summed E-state index contributed by atoms with van der Waals surface area (Å²) in [6.07, 6.45) is -21.0. The van der Waals surface area contributed by atoms with Gasteiger partial charge in [0.05, 0.1) is 5.56 Å². The summed E-state index contributed by atoms with van der Waals surface area (Å²) >= 11 is 0. The number of alkyl halides is 11. The number of esters is 1. The number of carbonyl (C=O) groups is 2. The Bertz CT molecular complexity index is 774. The van der Waals surface area contributed by atoms with Crippen molar-refractivity contribution in [1.82, 2.24) is 4.98 Å². The van der Waals surface area contributed by atoms with Gasteiger partial charge in [0.2, 0.25) is 5.88 Å². The Morgan fingerprint density at radius 1 is 0.862 bits per heavy atom. The molecule has 1 N–H and O–H groups in total. The highest BCUT2D eigenvalue weighted by atomic mass is 19.4. The summed E-state index contributed by atoms with van der Waals surface area (Å²) < 4.78 is 145. The molecule has 0 saturated heterocycles. The topological polar surface area (TPSA) is 85.7 Å². The molecule has 0 aliphatic rings. The van der Waals surface area contributed by atoms with E-state index in [-0.39, 0.29) is 0 Å². The highest BCUT2D eigenvalue weighted by Crippen LogP contribution is 2.51. The smallest absolute Gasteiger partial charge is 0.462 e. The molecule has 1 aromatic heterocycles. The second kappa shape index (κ2) is 7.27. The quantitative estimate of drug-likeness (QED) is 0.525. The molecule has 1 aromatic rings. The number of rotatable bonds is 6. The van der Waals surface area contributed by atoms with Crippen LogP contribution in [0.15, 0.2) is 18.3 Å². The lowest BCUT2D eigenvalue weighted by Gasteiger charge is -2.33. The standard InChI is InChI=1S/C12H4F11NO5/c13-8(10(16,17)18,29-12(22,23)9(14,15)11(19,20)21)7(27)28-5-2-1-4(3-24-5)6(25)26/h1-3H,(H,25,26). The number of hydrogen-bond donors (Lipinski definition) is 1. The van der Waals surface area contributed by atoms with Gasteiger partial charge in [0.25, 0.3) is 0 Å². The zero-order chi connectivity index (χ0) is 23.1. The normalized spacial score (nSPS) is 15.6. The molecule has 0 spiro atoms. The van der Waals surface area contributed by atoms with E-state index in [2.05, 4.69) is 9.72 Å². The maximum absolute atomic E-state index is 13.9. The Morgan fingerprint density at radius 2 is 1.38 bits per heavy atom. The Balaban J connectivity index is 3.27. The zero-order valence-corrected chi connectivity index (χ0v) is 12.9. The molecule has 164 valence electrons. The Morgan fingerprint density at radius 3 is 1.72 bits per heavy atom. The van der Waals surface area contributed by atoms with Gasteiger partial charge in [-0.2, -0.15) is 48.3 Å². The van der Waals surface area contributed by atoms with Crippen molar-refractivity contribution in [1.29, 1.82) is 0 Å². The van der Waals surface area contributed by atoms with Gasteiger partial charge in [-0.1, -0.05) is 0 Å². The molecule has 1 unspecified atom stereocenters. The number of aromatic nitrogens is 1. The molecule has 17 heteroatoms. The number of carboxylic acids is 1. The fourth-order valence-corrected chi connectivity index (χ4v) is 1.35. The number of nitrogens with zero attached hydrogens (tertiary/aromatic N) is 1. The number of hydrogen-bond acceptors (Lipinski definition) is 5. The first-order valence-electron chi connectivity index (χ1n) is 6.46. The van der Waals surface area contributed by atoms with Crippen molar-refractivity contribution in [3.05, 3.63) is 23.9 Å².